The first kappa shape index (κ1) is 21.5. The first-order chi connectivity index (χ1) is 12.5. The van der Waals surface area contributed by atoms with Crippen molar-refractivity contribution >= 4 is 54.9 Å². The summed E-state index contributed by atoms with van der Waals surface area (Å²) in [6, 6.07) is 13.0. The van der Waals surface area contributed by atoms with Gasteiger partial charge in [-0.3, -0.25) is 10.1 Å². The Labute approximate surface area is 172 Å². The maximum absolute atomic E-state index is 12.3. The van der Waals surface area contributed by atoms with E-state index in [4.69, 9.17) is 12.2 Å². The average Bonchev–Trinajstić information content (AvgIpc) is 2.53. The van der Waals surface area contributed by atoms with Gasteiger partial charge in [-0.15, -0.1) is 0 Å². The van der Waals surface area contributed by atoms with Gasteiger partial charge < -0.3 is 5.32 Å². The minimum Gasteiger partial charge on any atom is -0.332 e. The van der Waals surface area contributed by atoms with Crippen molar-refractivity contribution in [1.82, 2.24) is 10.0 Å². The number of thiocarbonyl (C=S) groups is 1. The minimum absolute atomic E-state index is 0.117. The summed E-state index contributed by atoms with van der Waals surface area (Å²) in [4.78, 5) is 12.3. The number of sulfonamides is 1. The SMILES string of the molecule is CC(C)(C)NS(=O)(=O)c1ccc(NC(=S)NC(=O)c2ccc(Br)cc2)cc1. The van der Waals surface area contributed by atoms with E-state index in [1.54, 1.807) is 57.2 Å². The highest BCUT2D eigenvalue weighted by atomic mass is 79.9. The zero-order valence-corrected chi connectivity index (χ0v) is 18.3. The second-order valence-corrected chi connectivity index (χ2v) is 9.80. The third-order valence-corrected chi connectivity index (χ3v) is 5.70. The van der Waals surface area contributed by atoms with E-state index in [9.17, 15) is 13.2 Å². The first-order valence-electron chi connectivity index (χ1n) is 7.98. The third kappa shape index (κ3) is 6.69. The summed E-state index contributed by atoms with van der Waals surface area (Å²) in [6.07, 6.45) is 0. The lowest BCUT2D eigenvalue weighted by molar-refractivity contribution is 0.0977. The molecular weight excluding hydrogens is 450 g/mol. The van der Waals surface area contributed by atoms with E-state index >= 15 is 0 Å². The molecule has 1 amide bonds. The lowest BCUT2D eigenvalue weighted by atomic mass is 10.1. The van der Waals surface area contributed by atoms with E-state index in [1.807, 2.05) is 0 Å². The molecule has 0 heterocycles. The van der Waals surface area contributed by atoms with E-state index in [1.165, 1.54) is 12.1 Å². The van der Waals surface area contributed by atoms with Crippen LogP contribution in [0.5, 0.6) is 0 Å². The number of rotatable bonds is 4. The molecule has 0 saturated carbocycles. The second kappa shape index (κ2) is 8.47. The summed E-state index contributed by atoms with van der Waals surface area (Å²) < 4.78 is 28.0. The lowest BCUT2D eigenvalue weighted by Crippen LogP contribution is -2.40. The molecule has 0 atom stereocenters. The predicted molar refractivity (Wildman–Crippen MR) is 114 cm³/mol. The number of hydrogen-bond acceptors (Lipinski definition) is 4. The number of benzene rings is 2. The van der Waals surface area contributed by atoms with Crippen LogP contribution in [0.3, 0.4) is 0 Å². The fourth-order valence-electron chi connectivity index (χ4n) is 2.12. The van der Waals surface area contributed by atoms with Crippen molar-refractivity contribution in [3.63, 3.8) is 0 Å². The number of hydrogen-bond donors (Lipinski definition) is 3. The number of halogens is 1. The Morgan fingerprint density at radius 1 is 1.00 bits per heavy atom. The quantitative estimate of drug-likeness (QED) is 0.594. The molecule has 0 fully saturated rings. The molecule has 9 heteroatoms. The van der Waals surface area contributed by atoms with Gasteiger partial charge in [-0.05, 0) is 81.5 Å². The Hall–Kier alpha value is -1.81. The molecule has 27 heavy (non-hydrogen) atoms. The van der Waals surface area contributed by atoms with Gasteiger partial charge in [-0.2, -0.15) is 0 Å². The summed E-state index contributed by atoms with van der Waals surface area (Å²) in [6.45, 7) is 5.31. The largest absolute Gasteiger partial charge is 0.332 e. The highest BCUT2D eigenvalue weighted by Gasteiger charge is 2.21. The van der Waals surface area contributed by atoms with Crippen LogP contribution in [0.4, 0.5) is 5.69 Å². The van der Waals surface area contributed by atoms with E-state index in [0.29, 0.717) is 11.3 Å². The number of amides is 1. The van der Waals surface area contributed by atoms with Crippen LogP contribution >= 0.6 is 28.1 Å². The Bertz CT molecular complexity index is 935. The molecule has 0 saturated heterocycles. The molecule has 0 radical (unpaired) electrons. The predicted octanol–water partition coefficient (Wildman–Crippen LogP) is 3.65. The van der Waals surface area contributed by atoms with Crippen LogP contribution in [0.25, 0.3) is 0 Å². The van der Waals surface area contributed by atoms with Gasteiger partial charge >= 0.3 is 0 Å². The maximum Gasteiger partial charge on any atom is 0.257 e. The molecule has 2 aromatic rings. The Kier molecular flexibility index (Phi) is 6.74. The van der Waals surface area contributed by atoms with Crippen molar-refractivity contribution in [1.29, 1.82) is 0 Å². The summed E-state index contributed by atoms with van der Waals surface area (Å²) in [5.74, 6) is -0.339. The molecule has 144 valence electrons. The Morgan fingerprint density at radius 2 is 1.56 bits per heavy atom. The smallest absolute Gasteiger partial charge is 0.257 e. The van der Waals surface area contributed by atoms with Crippen molar-refractivity contribution < 1.29 is 13.2 Å². The lowest BCUT2D eigenvalue weighted by Gasteiger charge is -2.20. The van der Waals surface area contributed by atoms with Crippen LogP contribution in [0.2, 0.25) is 0 Å². The van der Waals surface area contributed by atoms with Crippen LogP contribution in [-0.4, -0.2) is 25.0 Å². The summed E-state index contributed by atoms with van der Waals surface area (Å²) in [7, 11) is -3.61. The van der Waals surface area contributed by atoms with Crippen molar-refractivity contribution in [3.8, 4) is 0 Å². The summed E-state index contributed by atoms with van der Waals surface area (Å²) in [5.41, 5.74) is 0.456. The van der Waals surface area contributed by atoms with Gasteiger partial charge in [0.25, 0.3) is 5.91 Å². The normalized spacial score (nSPS) is 11.7. The number of anilines is 1. The Morgan fingerprint density at radius 3 is 2.07 bits per heavy atom. The monoisotopic (exact) mass is 469 g/mol. The van der Waals surface area contributed by atoms with Gasteiger partial charge in [0, 0.05) is 21.3 Å². The first-order valence-corrected chi connectivity index (χ1v) is 10.7. The molecule has 0 spiro atoms. The summed E-state index contributed by atoms with van der Waals surface area (Å²) >= 11 is 8.44. The van der Waals surface area contributed by atoms with Gasteiger partial charge in [-0.25, -0.2) is 13.1 Å². The fraction of sp³-hybridized carbons (Fsp3) is 0.222. The number of carbonyl (C=O) groups excluding carboxylic acids is 1. The molecule has 0 bridgehead atoms. The van der Waals surface area contributed by atoms with E-state index < -0.39 is 15.6 Å². The molecule has 6 nitrogen and oxygen atoms in total. The van der Waals surface area contributed by atoms with Gasteiger partial charge in [0.2, 0.25) is 10.0 Å². The molecule has 0 unspecified atom stereocenters. The van der Waals surface area contributed by atoms with Crippen LogP contribution in [0.1, 0.15) is 31.1 Å². The van der Waals surface area contributed by atoms with Crippen LogP contribution < -0.4 is 15.4 Å². The van der Waals surface area contributed by atoms with E-state index in [0.717, 1.165) is 4.47 Å². The number of carbonyl (C=O) groups is 1. The molecule has 0 aromatic heterocycles. The van der Waals surface area contributed by atoms with E-state index in [2.05, 4.69) is 31.3 Å². The van der Waals surface area contributed by atoms with Crippen LogP contribution in [0, 0.1) is 0 Å². The van der Waals surface area contributed by atoms with Crippen LogP contribution in [-0.2, 0) is 10.0 Å². The van der Waals surface area contributed by atoms with Crippen molar-refractivity contribution in [2.45, 2.75) is 31.2 Å². The highest BCUT2D eigenvalue weighted by molar-refractivity contribution is 9.10. The number of nitrogens with one attached hydrogen (secondary N) is 3. The molecule has 0 aliphatic heterocycles. The molecule has 3 N–H and O–H groups in total. The van der Waals surface area contributed by atoms with Crippen molar-refractivity contribution in [3.05, 3.63) is 58.6 Å². The van der Waals surface area contributed by atoms with E-state index in [-0.39, 0.29) is 15.9 Å². The second-order valence-electron chi connectivity index (χ2n) is 6.80. The van der Waals surface area contributed by atoms with Gasteiger partial charge in [-0.1, -0.05) is 15.9 Å². The van der Waals surface area contributed by atoms with Gasteiger partial charge in [0.05, 0.1) is 4.90 Å². The third-order valence-electron chi connectivity index (χ3n) is 3.20. The zero-order valence-electron chi connectivity index (χ0n) is 15.0. The van der Waals surface area contributed by atoms with Crippen molar-refractivity contribution in [2.75, 3.05) is 5.32 Å². The molecule has 2 aromatic carbocycles. The van der Waals surface area contributed by atoms with Gasteiger partial charge in [0.1, 0.15) is 0 Å². The molecule has 0 aliphatic rings. The Balaban J connectivity index is 2.00. The topological polar surface area (TPSA) is 87.3 Å². The van der Waals surface area contributed by atoms with Crippen LogP contribution in [0.15, 0.2) is 57.9 Å². The van der Waals surface area contributed by atoms with Gasteiger partial charge in [0.15, 0.2) is 5.11 Å². The molecule has 2 rings (SSSR count). The molecular formula is C18H20BrN3O3S2. The summed E-state index contributed by atoms with van der Waals surface area (Å²) in [5, 5.41) is 5.55. The minimum atomic E-state index is -3.61. The molecule has 0 aliphatic carbocycles. The zero-order chi connectivity index (χ0) is 20.2. The highest BCUT2D eigenvalue weighted by Crippen LogP contribution is 2.16. The standard InChI is InChI=1S/C18H20BrN3O3S2/c1-18(2,3)22-27(24,25)15-10-8-14(9-11-15)20-17(26)21-16(23)12-4-6-13(19)7-5-12/h4-11,22H,1-3H3,(H2,20,21,23,26). The fourth-order valence-corrected chi connectivity index (χ4v) is 4.01. The maximum atomic E-state index is 12.3. The average molecular weight is 470 g/mol. The van der Waals surface area contributed by atoms with Crippen molar-refractivity contribution in [2.24, 2.45) is 0 Å².